The Balaban J connectivity index is 2.43. The summed E-state index contributed by atoms with van der Waals surface area (Å²) in [6.45, 7) is 1.95. The van der Waals surface area contributed by atoms with Gasteiger partial charge in [0, 0.05) is 12.3 Å². The van der Waals surface area contributed by atoms with Gasteiger partial charge in [-0.15, -0.1) is 0 Å². The van der Waals surface area contributed by atoms with E-state index < -0.39 is 12.2 Å². The maximum atomic E-state index is 9.64. The fourth-order valence-electron chi connectivity index (χ4n) is 2.03. The molecule has 1 aliphatic carbocycles. The van der Waals surface area contributed by atoms with Crippen LogP contribution in [-0.4, -0.2) is 22.4 Å². The summed E-state index contributed by atoms with van der Waals surface area (Å²) in [5, 5.41) is 19.2. The van der Waals surface area contributed by atoms with Crippen LogP contribution in [0.25, 0.3) is 0 Å². The molecule has 2 heteroatoms. The minimum Gasteiger partial charge on any atom is -0.390 e. The van der Waals surface area contributed by atoms with Gasteiger partial charge in [-0.3, -0.25) is 0 Å². The number of hydrogen-bond donors (Lipinski definition) is 2. The van der Waals surface area contributed by atoms with Crippen molar-refractivity contribution in [3.8, 4) is 0 Å². The van der Waals surface area contributed by atoms with Crippen LogP contribution >= 0.6 is 0 Å². The minimum absolute atomic E-state index is 0.0416. The number of aliphatic hydroxyl groups is 2. The largest absolute Gasteiger partial charge is 0.390 e. The molecule has 0 fully saturated rings. The maximum Gasteiger partial charge on any atom is 0.0868 e. The number of aliphatic hydroxyl groups excluding tert-OH is 2. The topological polar surface area (TPSA) is 40.5 Å². The molecule has 0 spiro atoms. The molecule has 2 N–H and O–H groups in total. The smallest absolute Gasteiger partial charge is 0.0868 e. The first-order valence-corrected chi connectivity index (χ1v) is 4.64. The Kier molecular flexibility index (Phi) is 2.10. The predicted octanol–water partition coefficient (Wildman–Crippen LogP) is 1.07. The van der Waals surface area contributed by atoms with E-state index in [0.717, 1.165) is 5.56 Å². The van der Waals surface area contributed by atoms with Gasteiger partial charge >= 0.3 is 0 Å². The van der Waals surface area contributed by atoms with Gasteiger partial charge in [-0.1, -0.05) is 31.2 Å². The van der Waals surface area contributed by atoms with Crippen LogP contribution in [0, 0.1) is 0 Å². The number of hydrogen-bond acceptors (Lipinski definition) is 2. The van der Waals surface area contributed by atoms with Crippen LogP contribution in [-0.2, 0) is 6.42 Å². The van der Waals surface area contributed by atoms with Gasteiger partial charge in [0.05, 0.1) is 12.2 Å². The summed E-state index contributed by atoms with van der Waals surface area (Å²) < 4.78 is 0. The van der Waals surface area contributed by atoms with Crippen molar-refractivity contribution in [2.45, 2.75) is 31.5 Å². The van der Waals surface area contributed by atoms with Crippen LogP contribution in [0.4, 0.5) is 0 Å². The van der Waals surface area contributed by atoms with E-state index in [0.29, 0.717) is 6.42 Å². The van der Waals surface area contributed by atoms with E-state index in [1.54, 1.807) is 0 Å². The number of fused-ring (bicyclic) bond motifs is 1. The minimum atomic E-state index is -0.616. The van der Waals surface area contributed by atoms with Crippen molar-refractivity contribution in [3.63, 3.8) is 0 Å². The molecule has 0 heterocycles. The lowest BCUT2D eigenvalue weighted by atomic mass is 9.80. The van der Waals surface area contributed by atoms with Crippen LogP contribution in [0.2, 0.25) is 0 Å². The second-order valence-electron chi connectivity index (χ2n) is 3.75. The summed E-state index contributed by atoms with van der Waals surface area (Å²) in [4.78, 5) is 0. The summed E-state index contributed by atoms with van der Waals surface area (Å²) >= 11 is 0. The van der Waals surface area contributed by atoms with Crippen molar-refractivity contribution in [3.05, 3.63) is 35.4 Å². The second kappa shape index (κ2) is 3.13. The molecule has 0 radical (unpaired) electrons. The molecular formula is C11H14O2. The van der Waals surface area contributed by atoms with Gasteiger partial charge in [-0.05, 0) is 11.1 Å². The highest BCUT2D eigenvalue weighted by Gasteiger charge is 2.30. The summed E-state index contributed by atoms with van der Waals surface area (Å²) in [6.07, 6.45) is -0.651. The van der Waals surface area contributed by atoms with Crippen LogP contribution in [0.1, 0.15) is 24.0 Å². The average Bonchev–Trinajstić information content (AvgIpc) is 2.15. The molecule has 0 aromatic heterocycles. The average molecular weight is 178 g/mol. The number of benzene rings is 1. The third-order valence-electron chi connectivity index (χ3n) is 2.88. The molecule has 70 valence electrons. The van der Waals surface area contributed by atoms with Crippen molar-refractivity contribution in [1.82, 2.24) is 0 Å². The number of rotatable bonds is 0. The molecule has 0 aliphatic heterocycles. The van der Waals surface area contributed by atoms with Crippen molar-refractivity contribution in [2.75, 3.05) is 0 Å². The van der Waals surface area contributed by atoms with E-state index in [4.69, 9.17) is 0 Å². The van der Waals surface area contributed by atoms with Gasteiger partial charge < -0.3 is 10.2 Å². The normalized spacial score (nSPS) is 32.7. The molecule has 0 saturated carbocycles. The summed E-state index contributed by atoms with van der Waals surface area (Å²) in [5.74, 6) is 0.0416. The Hall–Kier alpha value is -0.860. The van der Waals surface area contributed by atoms with Crippen molar-refractivity contribution in [2.24, 2.45) is 0 Å². The Morgan fingerprint density at radius 1 is 1.23 bits per heavy atom. The first-order valence-electron chi connectivity index (χ1n) is 4.64. The monoisotopic (exact) mass is 178 g/mol. The SMILES string of the molecule is C[C@H]1c2ccccc2CC(O)[C@H]1O. The molecule has 2 nitrogen and oxygen atoms in total. The van der Waals surface area contributed by atoms with Gasteiger partial charge in [-0.25, -0.2) is 0 Å². The fourth-order valence-corrected chi connectivity index (χ4v) is 2.03. The summed E-state index contributed by atoms with van der Waals surface area (Å²) in [7, 11) is 0. The summed E-state index contributed by atoms with van der Waals surface area (Å²) in [6, 6.07) is 7.98. The molecule has 1 aromatic rings. The van der Waals surface area contributed by atoms with Crippen LogP contribution < -0.4 is 0 Å². The van der Waals surface area contributed by atoms with Gasteiger partial charge in [-0.2, -0.15) is 0 Å². The van der Waals surface area contributed by atoms with E-state index in [-0.39, 0.29) is 5.92 Å². The molecule has 1 aromatic carbocycles. The molecule has 0 saturated heterocycles. The van der Waals surface area contributed by atoms with E-state index in [9.17, 15) is 10.2 Å². The third kappa shape index (κ3) is 1.36. The van der Waals surface area contributed by atoms with Crippen LogP contribution in [0.15, 0.2) is 24.3 Å². The molecule has 0 amide bonds. The lowest BCUT2D eigenvalue weighted by Crippen LogP contribution is -2.37. The van der Waals surface area contributed by atoms with E-state index >= 15 is 0 Å². The van der Waals surface area contributed by atoms with Crippen molar-refractivity contribution < 1.29 is 10.2 Å². The fraction of sp³-hybridized carbons (Fsp3) is 0.455. The second-order valence-corrected chi connectivity index (χ2v) is 3.75. The van der Waals surface area contributed by atoms with E-state index in [2.05, 4.69) is 0 Å². The highest BCUT2D eigenvalue weighted by molar-refractivity contribution is 5.34. The van der Waals surface area contributed by atoms with Crippen LogP contribution in [0.5, 0.6) is 0 Å². The molecule has 2 rings (SSSR count). The Bertz CT molecular complexity index is 309. The lowest BCUT2D eigenvalue weighted by Gasteiger charge is -2.31. The first-order chi connectivity index (χ1) is 6.20. The zero-order valence-corrected chi connectivity index (χ0v) is 7.64. The lowest BCUT2D eigenvalue weighted by molar-refractivity contribution is -0.000805. The molecule has 13 heavy (non-hydrogen) atoms. The molecule has 1 unspecified atom stereocenters. The highest BCUT2D eigenvalue weighted by Crippen LogP contribution is 2.31. The van der Waals surface area contributed by atoms with E-state index in [1.165, 1.54) is 5.56 Å². The Labute approximate surface area is 77.8 Å². The van der Waals surface area contributed by atoms with Crippen LogP contribution in [0.3, 0.4) is 0 Å². The maximum absolute atomic E-state index is 9.64. The zero-order chi connectivity index (χ0) is 9.42. The highest BCUT2D eigenvalue weighted by atomic mass is 16.3. The summed E-state index contributed by atoms with van der Waals surface area (Å²) in [5.41, 5.74) is 2.33. The van der Waals surface area contributed by atoms with Gasteiger partial charge in [0.15, 0.2) is 0 Å². The van der Waals surface area contributed by atoms with E-state index in [1.807, 2.05) is 31.2 Å². The third-order valence-corrected chi connectivity index (χ3v) is 2.88. The quantitative estimate of drug-likeness (QED) is 0.624. The van der Waals surface area contributed by atoms with Crippen molar-refractivity contribution >= 4 is 0 Å². The van der Waals surface area contributed by atoms with Gasteiger partial charge in [0.1, 0.15) is 0 Å². The standard InChI is InChI=1S/C11H14O2/c1-7-9-5-3-2-4-8(9)6-10(12)11(7)13/h2-5,7,10-13H,6H2,1H3/t7-,10?,11-/m0/s1. The molecule has 1 aliphatic rings. The zero-order valence-electron chi connectivity index (χ0n) is 7.64. The molecule has 3 atom stereocenters. The Morgan fingerprint density at radius 2 is 1.92 bits per heavy atom. The van der Waals surface area contributed by atoms with Gasteiger partial charge in [0.2, 0.25) is 0 Å². The van der Waals surface area contributed by atoms with Crippen molar-refractivity contribution in [1.29, 1.82) is 0 Å². The first kappa shape index (κ1) is 8.73. The molecular weight excluding hydrogens is 164 g/mol. The van der Waals surface area contributed by atoms with Gasteiger partial charge in [0.25, 0.3) is 0 Å². The predicted molar refractivity (Wildman–Crippen MR) is 50.6 cm³/mol. The molecule has 0 bridgehead atoms. The Morgan fingerprint density at radius 3 is 2.69 bits per heavy atom.